The number of primary amides is 1. The summed E-state index contributed by atoms with van der Waals surface area (Å²) in [4.78, 5) is 25.0. The van der Waals surface area contributed by atoms with Gasteiger partial charge in [0.1, 0.15) is 5.65 Å². The molecule has 8 nitrogen and oxygen atoms in total. The number of aliphatic imine (C=N–C) groups is 1. The van der Waals surface area contributed by atoms with Gasteiger partial charge in [0.05, 0.1) is 17.8 Å². The average molecular weight is 485 g/mol. The van der Waals surface area contributed by atoms with Gasteiger partial charge < -0.3 is 20.4 Å². The van der Waals surface area contributed by atoms with Gasteiger partial charge in [-0.1, -0.05) is 6.07 Å². The van der Waals surface area contributed by atoms with Crippen molar-refractivity contribution in [2.75, 3.05) is 33.2 Å². The van der Waals surface area contributed by atoms with E-state index in [-0.39, 0.29) is 29.9 Å². The highest BCUT2D eigenvalue weighted by molar-refractivity contribution is 14.0. The summed E-state index contributed by atoms with van der Waals surface area (Å²) in [7, 11) is 1.78. The van der Waals surface area contributed by atoms with Crippen LogP contribution in [-0.2, 0) is 11.3 Å². The summed E-state index contributed by atoms with van der Waals surface area (Å²) in [6, 6.07) is 5.95. The topological polar surface area (TPSA) is 91.3 Å². The predicted molar refractivity (Wildman–Crippen MR) is 117 cm³/mol. The number of nitrogens with zero attached hydrogens (tertiary/aromatic N) is 5. The van der Waals surface area contributed by atoms with Crippen LogP contribution < -0.4 is 11.1 Å². The summed E-state index contributed by atoms with van der Waals surface area (Å²) < 4.78 is 2.00. The number of amides is 1. The van der Waals surface area contributed by atoms with E-state index < -0.39 is 5.54 Å². The number of carbonyl (C=O) groups excluding carboxylic acids is 1. The lowest BCUT2D eigenvalue weighted by atomic mass is 10.0. The zero-order valence-electron chi connectivity index (χ0n) is 16.1. The smallest absolute Gasteiger partial charge is 0.237 e. The molecule has 0 atom stereocenters. The first-order valence-electron chi connectivity index (χ1n) is 8.85. The zero-order chi connectivity index (χ0) is 18.7. The summed E-state index contributed by atoms with van der Waals surface area (Å²) >= 11 is 0. The quantitative estimate of drug-likeness (QED) is 0.382. The maximum Gasteiger partial charge on any atom is 0.237 e. The van der Waals surface area contributed by atoms with Gasteiger partial charge in [-0.25, -0.2) is 4.98 Å². The van der Waals surface area contributed by atoms with Crippen LogP contribution in [0.25, 0.3) is 5.65 Å². The number of aromatic nitrogens is 2. The van der Waals surface area contributed by atoms with E-state index in [2.05, 4.69) is 25.1 Å². The molecule has 1 fully saturated rings. The number of fused-ring (bicyclic) bond motifs is 1. The van der Waals surface area contributed by atoms with Gasteiger partial charge in [0.25, 0.3) is 0 Å². The number of guanidine groups is 1. The van der Waals surface area contributed by atoms with Gasteiger partial charge >= 0.3 is 0 Å². The fourth-order valence-electron chi connectivity index (χ4n) is 3.21. The molecule has 2 aromatic heterocycles. The van der Waals surface area contributed by atoms with Crippen LogP contribution in [0.1, 0.15) is 19.5 Å². The number of hydrogen-bond donors (Lipinski definition) is 2. The van der Waals surface area contributed by atoms with Crippen molar-refractivity contribution in [1.82, 2.24) is 24.5 Å². The van der Waals surface area contributed by atoms with Crippen LogP contribution in [0.5, 0.6) is 0 Å². The molecule has 0 aromatic carbocycles. The summed E-state index contributed by atoms with van der Waals surface area (Å²) in [6.45, 7) is 7.49. The summed E-state index contributed by atoms with van der Waals surface area (Å²) in [5.74, 6) is 0.555. The highest BCUT2D eigenvalue weighted by Crippen LogP contribution is 2.16. The molecule has 9 heteroatoms. The second kappa shape index (κ2) is 8.87. The number of piperazine rings is 1. The van der Waals surface area contributed by atoms with E-state index in [1.165, 1.54) is 0 Å². The molecule has 0 aliphatic carbocycles. The molecule has 148 valence electrons. The van der Waals surface area contributed by atoms with E-state index in [1.54, 1.807) is 7.05 Å². The molecule has 0 spiro atoms. The van der Waals surface area contributed by atoms with Gasteiger partial charge in [-0.3, -0.25) is 14.7 Å². The Kier molecular flexibility index (Phi) is 7.04. The largest absolute Gasteiger partial charge is 0.368 e. The second-order valence-electron chi connectivity index (χ2n) is 7.00. The fraction of sp³-hybridized carbons (Fsp3) is 0.500. The second-order valence-corrected chi connectivity index (χ2v) is 7.00. The Morgan fingerprint density at radius 1 is 1.30 bits per heavy atom. The number of nitrogens with two attached hydrogens (primary N) is 1. The Morgan fingerprint density at radius 3 is 2.59 bits per heavy atom. The van der Waals surface area contributed by atoms with Crippen molar-refractivity contribution < 1.29 is 4.79 Å². The molecule has 1 saturated heterocycles. The average Bonchev–Trinajstić information content (AvgIpc) is 3.05. The first kappa shape index (κ1) is 21.4. The van der Waals surface area contributed by atoms with Crippen LogP contribution in [0.15, 0.2) is 35.6 Å². The molecule has 3 rings (SSSR count). The van der Waals surface area contributed by atoms with Crippen molar-refractivity contribution in [1.29, 1.82) is 0 Å². The number of pyridine rings is 1. The minimum absolute atomic E-state index is 0. The lowest BCUT2D eigenvalue weighted by Crippen LogP contribution is -2.61. The van der Waals surface area contributed by atoms with Crippen molar-refractivity contribution in [2.24, 2.45) is 10.7 Å². The van der Waals surface area contributed by atoms with Gasteiger partial charge in [0.2, 0.25) is 5.91 Å². The lowest BCUT2D eigenvalue weighted by molar-refractivity contribution is -0.129. The number of halogens is 1. The molecule has 2 aromatic rings. The van der Waals surface area contributed by atoms with Crippen LogP contribution in [0.3, 0.4) is 0 Å². The maximum atomic E-state index is 11.6. The highest BCUT2D eigenvalue weighted by atomic mass is 127. The summed E-state index contributed by atoms with van der Waals surface area (Å²) in [5, 5.41) is 3.38. The van der Waals surface area contributed by atoms with Gasteiger partial charge in [0.15, 0.2) is 5.96 Å². The minimum Gasteiger partial charge on any atom is -0.368 e. The Labute approximate surface area is 176 Å². The first-order valence-corrected chi connectivity index (χ1v) is 8.85. The Morgan fingerprint density at radius 2 is 2.00 bits per heavy atom. The van der Waals surface area contributed by atoms with Crippen molar-refractivity contribution in [3.05, 3.63) is 36.3 Å². The van der Waals surface area contributed by atoms with E-state index in [0.29, 0.717) is 6.54 Å². The number of carbonyl (C=O) groups is 1. The summed E-state index contributed by atoms with van der Waals surface area (Å²) in [6.07, 6.45) is 4.00. The van der Waals surface area contributed by atoms with Gasteiger partial charge in [-0.05, 0) is 26.0 Å². The fourth-order valence-corrected chi connectivity index (χ4v) is 3.21. The third-order valence-electron chi connectivity index (χ3n) is 5.03. The van der Waals surface area contributed by atoms with E-state index in [9.17, 15) is 4.79 Å². The molecule has 0 saturated carbocycles. The van der Waals surface area contributed by atoms with E-state index >= 15 is 0 Å². The number of nitrogens with one attached hydrogen (secondary N) is 1. The van der Waals surface area contributed by atoms with Crippen molar-refractivity contribution in [3.63, 3.8) is 0 Å². The molecule has 0 bridgehead atoms. The van der Waals surface area contributed by atoms with Crippen LogP contribution in [-0.4, -0.2) is 69.8 Å². The standard InChI is InChI=1S/C18H27N7O.HI/c1-18(2,16(19)26)25-10-8-23(9-11-25)17(20-3)21-12-14-13-24-7-5-4-6-15(24)22-14;/h4-7,13H,8-12H2,1-3H3,(H2,19,26)(H,20,21);1H. The zero-order valence-corrected chi connectivity index (χ0v) is 18.4. The monoisotopic (exact) mass is 485 g/mol. The molecule has 0 unspecified atom stereocenters. The number of imidazole rings is 1. The Bertz CT molecular complexity index is 776. The number of rotatable bonds is 4. The van der Waals surface area contributed by atoms with Crippen LogP contribution in [0.2, 0.25) is 0 Å². The van der Waals surface area contributed by atoms with Crippen LogP contribution >= 0.6 is 24.0 Å². The molecule has 3 heterocycles. The van der Waals surface area contributed by atoms with E-state index in [0.717, 1.165) is 43.5 Å². The SMILES string of the molecule is CN=C(NCc1cn2ccccc2n1)N1CCN(C(C)(C)C(N)=O)CC1.I. The highest BCUT2D eigenvalue weighted by Gasteiger charge is 2.35. The molecule has 1 aliphatic heterocycles. The summed E-state index contributed by atoms with van der Waals surface area (Å²) in [5.41, 5.74) is 6.80. The minimum atomic E-state index is -0.625. The number of hydrogen-bond acceptors (Lipinski definition) is 4. The van der Waals surface area contributed by atoms with Gasteiger partial charge in [-0.2, -0.15) is 0 Å². The van der Waals surface area contributed by atoms with Gasteiger partial charge in [-0.15, -0.1) is 24.0 Å². The lowest BCUT2D eigenvalue weighted by Gasteiger charge is -2.43. The first-order chi connectivity index (χ1) is 12.4. The molecule has 3 N–H and O–H groups in total. The molecule has 1 amide bonds. The van der Waals surface area contributed by atoms with E-state index in [4.69, 9.17) is 5.73 Å². The van der Waals surface area contributed by atoms with Crippen molar-refractivity contribution >= 4 is 41.5 Å². The maximum absolute atomic E-state index is 11.6. The molecule has 0 radical (unpaired) electrons. The van der Waals surface area contributed by atoms with Crippen molar-refractivity contribution in [2.45, 2.75) is 25.9 Å². The van der Waals surface area contributed by atoms with Crippen molar-refractivity contribution in [3.8, 4) is 0 Å². The molecular weight excluding hydrogens is 457 g/mol. The Balaban J connectivity index is 0.00000261. The molecule has 27 heavy (non-hydrogen) atoms. The van der Waals surface area contributed by atoms with Gasteiger partial charge in [0, 0.05) is 45.6 Å². The normalized spacial score (nSPS) is 16.3. The van der Waals surface area contributed by atoms with Crippen LogP contribution in [0.4, 0.5) is 0 Å². The van der Waals surface area contributed by atoms with E-state index in [1.807, 2.05) is 48.8 Å². The molecular formula is C18H28IN7O. The molecule has 1 aliphatic rings. The third kappa shape index (κ3) is 4.70. The predicted octanol–water partition coefficient (Wildman–Crippen LogP) is 0.909. The third-order valence-corrected chi connectivity index (χ3v) is 5.03. The van der Waals surface area contributed by atoms with Crippen LogP contribution in [0, 0.1) is 0 Å². The Hall–Kier alpha value is -1.88.